The van der Waals surface area contributed by atoms with Crippen molar-refractivity contribution in [2.45, 2.75) is 13.3 Å². The van der Waals surface area contributed by atoms with Crippen LogP contribution in [0.2, 0.25) is 0 Å². The molecule has 1 nitrogen and oxygen atoms in total. The number of rotatable bonds is 2. The van der Waals surface area contributed by atoms with Crippen molar-refractivity contribution in [1.82, 2.24) is 0 Å². The second kappa shape index (κ2) is 4.43. The van der Waals surface area contributed by atoms with E-state index in [4.69, 9.17) is 0 Å². The molecule has 90 valence electrons. The highest BCUT2D eigenvalue weighted by Crippen LogP contribution is 2.39. The van der Waals surface area contributed by atoms with E-state index in [1.54, 1.807) is 0 Å². The van der Waals surface area contributed by atoms with Crippen LogP contribution in [0.1, 0.15) is 23.6 Å². The van der Waals surface area contributed by atoms with Gasteiger partial charge in [-0.3, -0.25) is 0 Å². The van der Waals surface area contributed by atoms with E-state index in [1.807, 2.05) is 13.0 Å². The third-order valence-corrected chi connectivity index (χ3v) is 3.72. The number of aliphatic hydroxyl groups excluding tert-OH is 1. The topological polar surface area (TPSA) is 20.2 Å². The molecule has 0 unspecified atom stereocenters. The average molecular weight is 236 g/mol. The van der Waals surface area contributed by atoms with E-state index in [0.29, 0.717) is 0 Å². The summed E-state index contributed by atoms with van der Waals surface area (Å²) in [4.78, 5) is 0. The Balaban J connectivity index is 2.20. The first-order valence-electron chi connectivity index (χ1n) is 6.31. The molecule has 1 aliphatic carbocycles. The van der Waals surface area contributed by atoms with Crippen LogP contribution >= 0.6 is 0 Å². The number of allylic oxidation sites excluding steroid dienone is 1. The minimum atomic E-state index is 0.100. The van der Waals surface area contributed by atoms with Crippen molar-refractivity contribution in [1.29, 1.82) is 0 Å². The normalized spacial score (nSPS) is 13.3. The third kappa shape index (κ3) is 1.59. The van der Waals surface area contributed by atoms with Gasteiger partial charge >= 0.3 is 0 Å². The summed E-state index contributed by atoms with van der Waals surface area (Å²) in [5.41, 5.74) is 7.58. The van der Waals surface area contributed by atoms with Gasteiger partial charge in [0.25, 0.3) is 0 Å². The molecule has 0 heterocycles. The fraction of sp³-hybridized carbons (Fsp3) is 0.176. The summed E-state index contributed by atoms with van der Waals surface area (Å²) in [5.74, 6) is 0. The lowest BCUT2D eigenvalue weighted by Crippen LogP contribution is -1.95. The molecule has 0 radical (unpaired) electrons. The van der Waals surface area contributed by atoms with E-state index in [2.05, 4.69) is 42.5 Å². The second-order valence-corrected chi connectivity index (χ2v) is 4.64. The lowest BCUT2D eigenvalue weighted by atomic mass is 9.96. The van der Waals surface area contributed by atoms with E-state index < -0.39 is 0 Å². The molecule has 0 bridgehead atoms. The minimum Gasteiger partial charge on any atom is -0.392 e. The largest absolute Gasteiger partial charge is 0.392 e. The average Bonchev–Trinajstić information content (AvgIpc) is 2.80. The molecule has 18 heavy (non-hydrogen) atoms. The molecule has 0 aromatic heterocycles. The molecule has 0 aliphatic heterocycles. The molecule has 0 saturated heterocycles. The minimum absolute atomic E-state index is 0.100. The third-order valence-electron chi connectivity index (χ3n) is 3.72. The van der Waals surface area contributed by atoms with Crippen molar-refractivity contribution < 1.29 is 5.11 Å². The maximum Gasteiger partial charge on any atom is 0.0684 e. The van der Waals surface area contributed by atoms with E-state index in [0.717, 1.165) is 12.0 Å². The molecule has 3 rings (SSSR count). The van der Waals surface area contributed by atoms with Gasteiger partial charge in [0.05, 0.1) is 6.61 Å². The first kappa shape index (κ1) is 11.2. The number of hydrogen-bond donors (Lipinski definition) is 1. The van der Waals surface area contributed by atoms with E-state index in [1.165, 1.54) is 27.8 Å². The van der Waals surface area contributed by atoms with Crippen molar-refractivity contribution >= 4 is 5.57 Å². The Labute approximate surface area is 107 Å². The molecule has 0 fully saturated rings. The fourth-order valence-corrected chi connectivity index (χ4v) is 2.79. The van der Waals surface area contributed by atoms with Gasteiger partial charge in [0.2, 0.25) is 0 Å². The van der Waals surface area contributed by atoms with E-state index in [9.17, 15) is 5.11 Å². The van der Waals surface area contributed by atoms with Gasteiger partial charge in [-0.2, -0.15) is 0 Å². The summed E-state index contributed by atoms with van der Waals surface area (Å²) in [6, 6.07) is 14.9. The quantitative estimate of drug-likeness (QED) is 0.720. The zero-order valence-electron chi connectivity index (χ0n) is 10.5. The van der Waals surface area contributed by atoms with Crippen LogP contribution in [0.4, 0.5) is 0 Å². The molecule has 1 aliphatic rings. The van der Waals surface area contributed by atoms with Gasteiger partial charge in [-0.1, -0.05) is 48.5 Å². The maximum atomic E-state index is 9.46. The van der Waals surface area contributed by atoms with Crippen molar-refractivity contribution in [2.24, 2.45) is 0 Å². The zero-order valence-corrected chi connectivity index (χ0v) is 10.5. The van der Waals surface area contributed by atoms with Gasteiger partial charge in [0.15, 0.2) is 0 Å². The molecule has 2 aromatic carbocycles. The van der Waals surface area contributed by atoms with Crippen LogP contribution in [0.3, 0.4) is 0 Å². The summed E-state index contributed by atoms with van der Waals surface area (Å²) in [6.45, 7) is 2.08. The standard InChI is InChI=1S/C17H16O/c1-2-12(11-18)14-8-5-9-16-15-7-4-3-6-13(15)10-17(14)16/h2-9,18H,10-11H2,1H3. The van der Waals surface area contributed by atoms with Gasteiger partial charge < -0.3 is 5.11 Å². The number of hydrogen-bond acceptors (Lipinski definition) is 1. The van der Waals surface area contributed by atoms with E-state index >= 15 is 0 Å². The summed E-state index contributed by atoms with van der Waals surface area (Å²) in [6.07, 6.45) is 2.97. The van der Waals surface area contributed by atoms with Crippen LogP contribution in [-0.2, 0) is 6.42 Å². The first-order chi connectivity index (χ1) is 8.85. The van der Waals surface area contributed by atoms with Crippen molar-refractivity contribution in [3.8, 4) is 11.1 Å². The van der Waals surface area contributed by atoms with Crippen molar-refractivity contribution in [2.75, 3.05) is 6.61 Å². The van der Waals surface area contributed by atoms with Crippen LogP contribution in [0, 0.1) is 0 Å². The Morgan fingerprint density at radius 3 is 2.67 bits per heavy atom. The highest BCUT2D eigenvalue weighted by Gasteiger charge is 2.21. The SMILES string of the molecule is CC=C(CO)c1cccc2c1Cc1ccccc1-2. The smallest absolute Gasteiger partial charge is 0.0684 e. The molecule has 0 amide bonds. The lowest BCUT2D eigenvalue weighted by molar-refractivity contribution is 0.350. The molecular formula is C17H16O. The fourth-order valence-electron chi connectivity index (χ4n) is 2.79. The van der Waals surface area contributed by atoms with Crippen LogP contribution in [0.15, 0.2) is 48.5 Å². The Kier molecular flexibility index (Phi) is 2.77. The van der Waals surface area contributed by atoms with Gasteiger partial charge in [0.1, 0.15) is 0 Å². The number of aliphatic hydroxyl groups is 1. The van der Waals surface area contributed by atoms with Gasteiger partial charge in [-0.25, -0.2) is 0 Å². The molecule has 2 aromatic rings. The van der Waals surface area contributed by atoms with Gasteiger partial charge in [0, 0.05) is 0 Å². The Morgan fingerprint density at radius 2 is 1.89 bits per heavy atom. The predicted molar refractivity (Wildman–Crippen MR) is 75.4 cm³/mol. The maximum absolute atomic E-state index is 9.46. The molecule has 0 atom stereocenters. The Bertz CT molecular complexity index is 623. The van der Waals surface area contributed by atoms with Crippen molar-refractivity contribution in [3.05, 3.63) is 65.2 Å². The molecule has 0 spiro atoms. The van der Waals surface area contributed by atoms with Gasteiger partial charge in [-0.05, 0) is 46.7 Å². The summed E-state index contributed by atoms with van der Waals surface area (Å²) >= 11 is 0. The number of fused-ring (bicyclic) bond motifs is 3. The molecular weight excluding hydrogens is 220 g/mol. The summed E-state index contributed by atoms with van der Waals surface area (Å²) in [5, 5.41) is 9.46. The monoisotopic (exact) mass is 236 g/mol. The molecule has 1 heteroatoms. The Hall–Kier alpha value is -1.86. The highest BCUT2D eigenvalue weighted by atomic mass is 16.3. The van der Waals surface area contributed by atoms with Crippen LogP contribution in [0.25, 0.3) is 16.7 Å². The van der Waals surface area contributed by atoms with E-state index in [-0.39, 0.29) is 6.61 Å². The van der Waals surface area contributed by atoms with Gasteiger partial charge in [-0.15, -0.1) is 0 Å². The van der Waals surface area contributed by atoms with Crippen LogP contribution in [-0.4, -0.2) is 11.7 Å². The lowest BCUT2D eigenvalue weighted by Gasteiger charge is -2.10. The van der Waals surface area contributed by atoms with Crippen LogP contribution < -0.4 is 0 Å². The Morgan fingerprint density at radius 1 is 1.11 bits per heavy atom. The van der Waals surface area contributed by atoms with Crippen LogP contribution in [0.5, 0.6) is 0 Å². The predicted octanol–water partition coefficient (Wildman–Crippen LogP) is 3.65. The van der Waals surface area contributed by atoms with Crippen molar-refractivity contribution in [3.63, 3.8) is 0 Å². The zero-order chi connectivity index (χ0) is 12.5. The second-order valence-electron chi connectivity index (χ2n) is 4.64. The highest BCUT2D eigenvalue weighted by molar-refractivity contribution is 5.83. The number of benzene rings is 2. The summed E-state index contributed by atoms with van der Waals surface area (Å²) < 4.78 is 0. The first-order valence-corrected chi connectivity index (χ1v) is 6.31. The molecule has 0 saturated carbocycles. The summed E-state index contributed by atoms with van der Waals surface area (Å²) in [7, 11) is 0. The molecule has 1 N–H and O–H groups in total.